The topological polar surface area (TPSA) is 54.9 Å². The average Bonchev–Trinajstić information content (AvgIpc) is 3.29. The third kappa shape index (κ3) is 6.64. The third-order valence-electron chi connectivity index (χ3n) is 5.68. The Hall–Kier alpha value is -1.84. The molecule has 0 atom stereocenters. The highest BCUT2D eigenvalue weighted by Gasteiger charge is 2.23. The summed E-state index contributed by atoms with van der Waals surface area (Å²) in [4.78, 5) is 23.8. The molecule has 1 aromatic heterocycles. The molecule has 6 nitrogen and oxygen atoms in total. The summed E-state index contributed by atoms with van der Waals surface area (Å²) in [6.07, 6.45) is 4.17. The molecule has 2 heterocycles. The summed E-state index contributed by atoms with van der Waals surface area (Å²) >= 11 is 3.25. The number of hydrogen-bond acceptors (Lipinski definition) is 7. The number of amides is 1. The van der Waals surface area contributed by atoms with E-state index < -0.39 is 0 Å². The number of aromatic nitrogens is 1. The molecule has 1 saturated heterocycles. The normalized spacial score (nSPS) is 14.1. The minimum Gasteiger partial charge on any atom is -0.494 e. The van der Waals surface area contributed by atoms with Crippen LogP contribution in [0.1, 0.15) is 30.1 Å². The van der Waals surface area contributed by atoms with Crippen molar-refractivity contribution in [1.29, 1.82) is 0 Å². The lowest BCUT2D eigenvalue weighted by atomic mass is 10.2. The summed E-state index contributed by atoms with van der Waals surface area (Å²) < 4.78 is 12.3. The van der Waals surface area contributed by atoms with Crippen LogP contribution in [0.3, 0.4) is 0 Å². The first-order chi connectivity index (χ1) is 16.2. The number of benzene rings is 2. The van der Waals surface area contributed by atoms with Crippen LogP contribution in [0, 0.1) is 0 Å². The van der Waals surface area contributed by atoms with Gasteiger partial charge in [0.15, 0.2) is 5.13 Å². The van der Waals surface area contributed by atoms with Gasteiger partial charge in [0.1, 0.15) is 5.75 Å². The van der Waals surface area contributed by atoms with Crippen molar-refractivity contribution in [2.75, 3.05) is 57.2 Å². The number of ether oxygens (including phenoxy) is 2. The van der Waals surface area contributed by atoms with E-state index in [4.69, 9.17) is 14.5 Å². The molecule has 1 amide bonds. The summed E-state index contributed by atoms with van der Waals surface area (Å²) in [5.74, 6) is 0.762. The zero-order chi connectivity index (χ0) is 23.0. The Bertz CT molecular complexity index is 1060. The Kier molecular flexibility index (Phi) is 10.5. The highest BCUT2D eigenvalue weighted by atomic mass is 35.5. The molecule has 9 heteroatoms. The fourth-order valence-electron chi connectivity index (χ4n) is 3.73. The van der Waals surface area contributed by atoms with Crippen LogP contribution in [0.25, 0.3) is 10.2 Å². The van der Waals surface area contributed by atoms with Gasteiger partial charge >= 0.3 is 0 Å². The molecule has 1 fully saturated rings. The smallest absolute Gasteiger partial charge is 0.260 e. The number of carbonyl (C=O) groups is 1. The lowest BCUT2D eigenvalue weighted by Crippen LogP contribution is -2.43. The zero-order valence-electron chi connectivity index (χ0n) is 19.7. The van der Waals surface area contributed by atoms with Gasteiger partial charge in [-0.3, -0.25) is 14.6 Å². The minimum atomic E-state index is -0.0341. The fourth-order valence-corrected chi connectivity index (χ4v) is 5.37. The largest absolute Gasteiger partial charge is 0.494 e. The molecule has 34 heavy (non-hydrogen) atoms. The van der Waals surface area contributed by atoms with Crippen LogP contribution in [0.2, 0.25) is 0 Å². The van der Waals surface area contributed by atoms with Gasteiger partial charge in [-0.15, -0.1) is 24.2 Å². The number of anilines is 1. The monoisotopic (exact) mass is 521 g/mol. The van der Waals surface area contributed by atoms with Gasteiger partial charge in [0, 0.05) is 36.6 Å². The fraction of sp³-hybridized carbons (Fsp3) is 0.440. The number of nitrogens with zero attached hydrogens (tertiary/aromatic N) is 3. The standard InChI is InChI=1S/C25H31N3O3S2.ClH/c1-3-4-16-31-20-10-8-19(9-11-20)24(29)28(13-12-27-14-17-30-18-15-27)25-26-23-21(32-2)6-5-7-22(23)33-25;/h5-11H,3-4,12-18H2,1-2H3;1H. The van der Waals surface area contributed by atoms with Gasteiger partial charge in [-0.1, -0.05) is 30.7 Å². The maximum Gasteiger partial charge on any atom is 0.260 e. The molecule has 0 saturated carbocycles. The van der Waals surface area contributed by atoms with E-state index in [1.165, 1.54) is 0 Å². The maximum absolute atomic E-state index is 13.6. The zero-order valence-corrected chi connectivity index (χ0v) is 22.1. The molecule has 1 aliphatic heterocycles. The van der Waals surface area contributed by atoms with Crippen molar-refractivity contribution in [3.8, 4) is 5.75 Å². The number of morpholine rings is 1. The molecule has 2 aromatic carbocycles. The minimum absolute atomic E-state index is 0. The summed E-state index contributed by atoms with van der Waals surface area (Å²) in [7, 11) is 0. The Balaban J connectivity index is 0.00000324. The molecular weight excluding hydrogens is 490 g/mol. The lowest BCUT2D eigenvalue weighted by Gasteiger charge is -2.29. The third-order valence-corrected chi connectivity index (χ3v) is 7.49. The number of carbonyl (C=O) groups excluding carboxylic acids is 1. The maximum atomic E-state index is 13.6. The molecule has 0 radical (unpaired) electrons. The average molecular weight is 522 g/mol. The number of rotatable bonds is 10. The van der Waals surface area contributed by atoms with Crippen molar-refractivity contribution < 1.29 is 14.3 Å². The Labute approximate surface area is 216 Å². The number of para-hydroxylation sites is 1. The van der Waals surface area contributed by atoms with Gasteiger partial charge in [0.25, 0.3) is 5.91 Å². The van der Waals surface area contributed by atoms with Gasteiger partial charge in [-0.2, -0.15) is 0 Å². The van der Waals surface area contributed by atoms with Crippen molar-refractivity contribution in [2.45, 2.75) is 24.7 Å². The van der Waals surface area contributed by atoms with Crippen LogP contribution in [-0.2, 0) is 4.74 Å². The number of hydrogen-bond donors (Lipinski definition) is 0. The second-order valence-electron chi connectivity index (χ2n) is 7.94. The van der Waals surface area contributed by atoms with Gasteiger partial charge < -0.3 is 9.47 Å². The van der Waals surface area contributed by atoms with Gasteiger partial charge in [0.05, 0.1) is 30.0 Å². The van der Waals surface area contributed by atoms with Crippen LogP contribution >= 0.6 is 35.5 Å². The predicted molar refractivity (Wildman–Crippen MR) is 144 cm³/mol. The highest BCUT2D eigenvalue weighted by Crippen LogP contribution is 2.34. The van der Waals surface area contributed by atoms with E-state index >= 15 is 0 Å². The predicted octanol–water partition coefficient (Wildman–Crippen LogP) is 5.60. The molecule has 0 unspecified atom stereocenters. The molecule has 0 N–H and O–H groups in total. The second-order valence-corrected chi connectivity index (χ2v) is 9.80. The van der Waals surface area contributed by atoms with Crippen LogP contribution in [-0.4, -0.2) is 68.0 Å². The van der Waals surface area contributed by atoms with Crippen LogP contribution < -0.4 is 9.64 Å². The van der Waals surface area contributed by atoms with E-state index in [-0.39, 0.29) is 18.3 Å². The van der Waals surface area contributed by atoms with Gasteiger partial charge in [0.2, 0.25) is 0 Å². The molecule has 0 spiro atoms. The van der Waals surface area contributed by atoms with Gasteiger partial charge in [-0.25, -0.2) is 4.98 Å². The summed E-state index contributed by atoms with van der Waals surface area (Å²) in [6, 6.07) is 13.7. The van der Waals surface area contributed by atoms with E-state index in [2.05, 4.69) is 30.2 Å². The lowest BCUT2D eigenvalue weighted by molar-refractivity contribution is 0.0391. The van der Waals surface area contributed by atoms with E-state index in [9.17, 15) is 4.79 Å². The first-order valence-corrected chi connectivity index (χ1v) is 13.5. The van der Waals surface area contributed by atoms with Crippen LogP contribution in [0.4, 0.5) is 5.13 Å². The van der Waals surface area contributed by atoms with Crippen LogP contribution in [0.5, 0.6) is 5.75 Å². The van der Waals surface area contributed by atoms with Crippen molar-refractivity contribution in [3.05, 3.63) is 48.0 Å². The van der Waals surface area contributed by atoms with Crippen LogP contribution in [0.15, 0.2) is 47.4 Å². The summed E-state index contributed by atoms with van der Waals surface area (Å²) in [6.45, 7) is 7.47. The number of fused-ring (bicyclic) bond motifs is 1. The Morgan fingerprint density at radius 1 is 1.21 bits per heavy atom. The molecule has 0 bridgehead atoms. The second kappa shape index (κ2) is 13.3. The number of thiazole rings is 1. The van der Waals surface area contributed by atoms with Crippen molar-refractivity contribution in [2.24, 2.45) is 0 Å². The van der Waals surface area contributed by atoms with Crippen molar-refractivity contribution in [1.82, 2.24) is 9.88 Å². The summed E-state index contributed by atoms with van der Waals surface area (Å²) in [5.41, 5.74) is 1.61. The number of unbranched alkanes of at least 4 members (excludes halogenated alkanes) is 1. The molecule has 0 aliphatic carbocycles. The SMILES string of the molecule is CCCCOc1ccc(C(=O)N(CCN2CCOCC2)c2nc3c(SC)cccc3s2)cc1.Cl. The molecule has 3 aromatic rings. The highest BCUT2D eigenvalue weighted by molar-refractivity contribution is 7.98. The molecule has 1 aliphatic rings. The Morgan fingerprint density at radius 3 is 2.68 bits per heavy atom. The number of halogens is 1. The van der Waals surface area contributed by atoms with E-state index in [1.807, 2.05) is 35.2 Å². The van der Waals surface area contributed by atoms with E-state index in [0.717, 1.165) is 71.7 Å². The van der Waals surface area contributed by atoms with Crippen molar-refractivity contribution in [3.63, 3.8) is 0 Å². The number of thioether (sulfide) groups is 1. The first kappa shape index (κ1) is 26.8. The molecule has 184 valence electrons. The van der Waals surface area contributed by atoms with E-state index in [1.54, 1.807) is 23.1 Å². The van der Waals surface area contributed by atoms with E-state index in [0.29, 0.717) is 18.7 Å². The van der Waals surface area contributed by atoms with Gasteiger partial charge in [-0.05, 0) is 49.1 Å². The Morgan fingerprint density at radius 2 is 1.97 bits per heavy atom. The molecular formula is C25H32ClN3O3S2. The summed E-state index contributed by atoms with van der Waals surface area (Å²) in [5, 5.41) is 0.744. The van der Waals surface area contributed by atoms with Crippen molar-refractivity contribution >= 4 is 56.8 Å². The quantitative estimate of drug-likeness (QED) is 0.256. The first-order valence-electron chi connectivity index (χ1n) is 11.5. The molecule has 4 rings (SSSR count).